The highest BCUT2D eigenvalue weighted by Gasteiger charge is 2.42. The average Bonchev–Trinajstić information content (AvgIpc) is 2.82. The highest BCUT2D eigenvalue weighted by molar-refractivity contribution is 6.28. The molecule has 0 aromatic carbocycles. The highest BCUT2D eigenvalue weighted by atomic mass is 35.5. The summed E-state index contributed by atoms with van der Waals surface area (Å²) in [6, 6.07) is 0.821. The van der Waals surface area contributed by atoms with E-state index in [-0.39, 0.29) is 22.7 Å². The van der Waals surface area contributed by atoms with Crippen LogP contribution in [0.1, 0.15) is 39.5 Å². The molecule has 3 rings (SSSR count). The molecule has 0 amide bonds. The standard InChI is InChI=1S/C14H20ClFN4/c1-14(2)7-9(6-10-4-3-5-20(10)14)18-12-11(16)8-17-13(15)19-12/h8-10H,3-7H2,1-2H3,(H,17,18,19)/t9-,10-/m1/s1. The lowest BCUT2D eigenvalue weighted by atomic mass is 9.84. The van der Waals surface area contributed by atoms with Crippen molar-refractivity contribution in [1.82, 2.24) is 14.9 Å². The molecule has 0 unspecified atom stereocenters. The second kappa shape index (κ2) is 5.11. The molecule has 2 saturated heterocycles. The average molecular weight is 299 g/mol. The van der Waals surface area contributed by atoms with Crippen molar-refractivity contribution in [3.8, 4) is 0 Å². The van der Waals surface area contributed by atoms with Gasteiger partial charge in [-0.3, -0.25) is 4.90 Å². The van der Waals surface area contributed by atoms with Gasteiger partial charge in [0, 0.05) is 17.6 Å². The predicted octanol–water partition coefficient (Wildman–Crippen LogP) is 3.09. The number of nitrogens with zero attached hydrogens (tertiary/aromatic N) is 3. The number of anilines is 1. The second-order valence-electron chi connectivity index (χ2n) is 6.42. The predicted molar refractivity (Wildman–Crippen MR) is 77.5 cm³/mol. The number of hydrogen-bond donors (Lipinski definition) is 1. The quantitative estimate of drug-likeness (QED) is 0.852. The lowest BCUT2D eigenvalue weighted by Gasteiger charge is -2.47. The Hall–Kier alpha value is -0.940. The molecule has 3 heterocycles. The van der Waals surface area contributed by atoms with Crippen LogP contribution in [-0.4, -0.2) is 39.0 Å². The van der Waals surface area contributed by atoms with Gasteiger partial charge < -0.3 is 5.32 Å². The Balaban J connectivity index is 1.76. The van der Waals surface area contributed by atoms with Crippen LogP contribution in [0.2, 0.25) is 5.28 Å². The molecule has 20 heavy (non-hydrogen) atoms. The molecule has 2 atom stereocenters. The summed E-state index contributed by atoms with van der Waals surface area (Å²) < 4.78 is 13.7. The van der Waals surface area contributed by atoms with E-state index in [9.17, 15) is 4.39 Å². The summed E-state index contributed by atoms with van der Waals surface area (Å²) in [5, 5.41) is 3.30. The van der Waals surface area contributed by atoms with Crippen molar-refractivity contribution >= 4 is 17.4 Å². The van der Waals surface area contributed by atoms with Crippen molar-refractivity contribution in [2.75, 3.05) is 11.9 Å². The van der Waals surface area contributed by atoms with Gasteiger partial charge in [0.15, 0.2) is 11.6 Å². The highest BCUT2D eigenvalue weighted by Crippen LogP contribution is 2.38. The summed E-state index contributed by atoms with van der Waals surface area (Å²) in [4.78, 5) is 10.2. The van der Waals surface area contributed by atoms with E-state index in [0.717, 1.165) is 19.0 Å². The second-order valence-corrected chi connectivity index (χ2v) is 6.76. The minimum Gasteiger partial charge on any atom is -0.365 e. The van der Waals surface area contributed by atoms with E-state index in [4.69, 9.17) is 11.6 Å². The van der Waals surface area contributed by atoms with Gasteiger partial charge in [-0.25, -0.2) is 9.37 Å². The Kier molecular flexibility index (Phi) is 3.58. The van der Waals surface area contributed by atoms with Gasteiger partial charge in [-0.2, -0.15) is 4.98 Å². The Labute approximate surface area is 123 Å². The van der Waals surface area contributed by atoms with Crippen LogP contribution in [0.5, 0.6) is 0 Å². The van der Waals surface area contributed by atoms with E-state index in [1.165, 1.54) is 19.4 Å². The number of hydrogen-bond acceptors (Lipinski definition) is 4. The van der Waals surface area contributed by atoms with E-state index in [1.54, 1.807) is 0 Å². The molecule has 2 aliphatic rings. The summed E-state index contributed by atoms with van der Waals surface area (Å²) in [6.45, 7) is 5.71. The smallest absolute Gasteiger partial charge is 0.224 e. The molecule has 0 bridgehead atoms. The molecular weight excluding hydrogens is 279 g/mol. The van der Waals surface area contributed by atoms with E-state index < -0.39 is 5.82 Å². The van der Waals surface area contributed by atoms with E-state index in [0.29, 0.717) is 6.04 Å². The zero-order valence-electron chi connectivity index (χ0n) is 11.9. The van der Waals surface area contributed by atoms with Crippen molar-refractivity contribution in [3.05, 3.63) is 17.3 Å². The van der Waals surface area contributed by atoms with Crippen LogP contribution in [-0.2, 0) is 0 Å². The molecule has 1 N–H and O–H groups in total. The molecule has 1 aromatic heterocycles. The lowest BCUT2D eigenvalue weighted by Crippen LogP contribution is -2.55. The number of halogens is 2. The Bertz CT molecular complexity index is 508. The van der Waals surface area contributed by atoms with Gasteiger partial charge in [0.25, 0.3) is 0 Å². The molecule has 110 valence electrons. The van der Waals surface area contributed by atoms with Gasteiger partial charge in [0.05, 0.1) is 6.20 Å². The van der Waals surface area contributed by atoms with Crippen LogP contribution >= 0.6 is 11.6 Å². The summed E-state index contributed by atoms with van der Waals surface area (Å²) in [5.74, 6) is -0.224. The number of nitrogens with one attached hydrogen (secondary N) is 1. The van der Waals surface area contributed by atoms with Crippen molar-refractivity contribution in [3.63, 3.8) is 0 Å². The van der Waals surface area contributed by atoms with Gasteiger partial charge in [0.1, 0.15) is 0 Å². The SMILES string of the molecule is CC1(C)C[C@H](Nc2nc(Cl)ncc2F)C[C@H]2CCCN21. The molecule has 2 fully saturated rings. The van der Waals surface area contributed by atoms with Crippen LogP contribution < -0.4 is 5.32 Å². The largest absolute Gasteiger partial charge is 0.365 e. The molecule has 0 aliphatic carbocycles. The van der Waals surface area contributed by atoms with Crippen LogP contribution in [0.4, 0.5) is 10.2 Å². The first-order valence-electron chi connectivity index (χ1n) is 7.17. The minimum atomic E-state index is -0.443. The van der Waals surface area contributed by atoms with Crippen molar-refractivity contribution in [2.45, 2.75) is 57.2 Å². The van der Waals surface area contributed by atoms with Gasteiger partial charge in [-0.1, -0.05) is 0 Å². The normalized spacial score (nSPS) is 29.2. The molecule has 0 spiro atoms. The van der Waals surface area contributed by atoms with Crippen LogP contribution in [0.25, 0.3) is 0 Å². The molecule has 0 saturated carbocycles. The number of rotatable bonds is 2. The summed E-state index contributed by atoms with van der Waals surface area (Å²) >= 11 is 5.74. The molecule has 1 aromatic rings. The first kappa shape index (κ1) is 14.0. The monoisotopic (exact) mass is 298 g/mol. The number of piperidine rings is 1. The molecule has 6 heteroatoms. The van der Waals surface area contributed by atoms with Crippen LogP contribution in [0.3, 0.4) is 0 Å². The van der Waals surface area contributed by atoms with E-state index in [2.05, 4.69) is 34.0 Å². The fraction of sp³-hybridized carbons (Fsp3) is 0.714. The van der Waals surface area contributed by atoms with Crippen molar-refractivity contribution < 1.29 is 4.39 Å². The Morgan fingerprint density at radius 2 is 2.30 bits per heavy atom. The first-order valence-corrected chi connectivity index (χ1v) is 7.55. The Morgan fingerprint density at radius 3 is 3.10 bits per heavy atom. The maximum atomic E-state index is 13.7. The van der Waals surface area contributed by atoms with Gasteiger partial charge >= 0.3 is 0 Å². The molecule has 2 aliphatic heterocycles. The summed E-state index contributed by atoms with van der Waals surface area (Å²) in [6.07, 6.45) is 5.62. The summed E-state index contributed by atoms with van der Waals surface area (Å²) in [5.41, 5.74) is 0.143. The lowest BCUT2D eigenvalue weighted by molar-refractivity contribution is 0.0500. The number of aromatic nitrogens is 2. The van der Waals surface area contributed by atoms with Gasteiger partial charge in [0.2, 0.25) is 5.28 Å². The van der Waals surface area contributed by atoms with Crippen molar-refractivity contribution in [2.24, 2.45) is 0 Å². The fourth-order valence-corrected chi connectivity index (χ4v) is 3.89. The van der Waals surface area contributed by atoms with Crippen LogP contribution in [0, 0.1) is 5.82 Å². The molecular formula is C14H20ClFN4. The Morgan fingerprint density at radius 1 is 1.50 bits per heavy atom. The third-order valence-corrected chi connectivity index (χ3v) is 4.69. The summed E-state index contributed by atoms with van der Waals surface area (Å²) in [7, 11) is 0. The van der Waals surface area contributed by atoms with Crippen molar-refractivity contribution in [1.29, 1.82) is 0 Å². The van der Waals surface area contributed by atoms with Gasteiger partial charge in [-0.05, 0) is 57.7 Å². The fourth-order valence-electron chi connectivity index (χ4n) is 3.76. The molecule has 4 nitrogen and oxygen atoms in total. The number of fused-ring (bicyclic) bond motifs is 1. The van der Waals surface area contributed by atoms with Gasteiger partial charge in [-0.15, -0.1) is 0 Å². The maximum Gasteiger partial charge on any atom is 0.224 e. The van der Waals surface area contributed by atoms with E-state index in [1.807, 2.05) is 0 Å². The minimum absolute atomic E-state index is 0.0754. The van der Waals surface area contributed by atoms with Crippen LogP contribution in [0.15, 0.2) is 6.20 Å². The zero-order chi connectivity index (χ0) is 14.3. The zero-order valence-corrected chi connectivity index (χ0v) is 12.6. The topological polar surface area (TPSA) is 41.1 Å². The maximum absolute atomic E-state index is 13.7. The van der Waals surface area contributed by atoms with E-state index >= 15 is 0 Å². The first-order chi connectivity index (χ1) is 9.45. The third-order valence-electron chi connectivity index (χ3n) is 4.51. The third kappa shape index (κ3) is 2.61. The molecule has 0 radical (unpaired) electrons.